The first-order chi connectivity index (χ1) is 4.34. The van der Waals surface area contributed by atoms with Crippen molar-refractivity contribution >= 4 is 33.9 Å². The Morgan fingerprint density at radius 1 is 1.89 bits per heavy atom. The third-order valence-corrected chi connectivity index (χ3v) is 2.88. The van der Waals surface area contributed by atoms with Crippen LogP contribution in [0.1, 0.15) is 5.69 Å². The van der Waals surface area contributed by atoms with E-state index in [2.05, 4.69) is 33.6 Å². The number of thiazole rings is 1. The van der Waals surface area contributed by atoms with Crippen LogP contribution in [0.15, 0.2) is 5.51 Å². The highest BCUT2D eigenvalue weighted by Gasteiger charge is 1.99. The molecule has 2 nitrogen and oxygen atoms in total. The predicted octanol–water partition coefficient (Wildman–Crippen LogP) is 1.81. The van der Waals surface area contributed by atoms with Crippen LogP contribution in [0.3, 0.4) is 0 Å². The smallest absolute Gasteiger partial charge is 0.0894 e. The molecule has 1 aromatic rings. The molecule has 0 amide bonds. The number of hydrogen-bond donors (Lipinski definition) is 0. The lowest BCUT2D eigenvalue weighted by Gasteiger charge is -1.82. The first-order valence-corrected chi connectivity index (χ1v) is 4.25. The van der Waals surface area contributed by atoms with Crippen molar-refractivity contribution in [1.82, 2.24) is 4.98 Å². The third-order valence-electron chi connectivity index (χ3n) is 0.838. The van der Waals surface area contributed by atoms with E-state index in [4.69, 9.17) is 5.26 Å². The summed E-state index contributed by atoms with van der Waals surface area (Å²) in [5.41, 5.74) is 2.66. The average Bonchev–Trinajstić information content (AvgIpc) is 2.18. The minimum Gasteiger partial charge on any atom is -0.247 e. The van der Waals surface area contributed by atoms with Crippen LogP contribution in [0.4, 0.5) is 0 Å². The summed E-state index contributed by atoms with van der Waals surface area (Å²) in [6.07, 6.45) is 0.432. The molecule has 0 unspecified atom stereocenters. The van der Waals surface area contributed by atoms with Gasteiger partial charge in [-0.25, -0.2) is 4.98 Å². The maximum absolute atomic E-state index is 8.27. The van der Waals surface area contributed by atoms with Crippen LogP contribution >= 0.6 is 33.9 Å². The van der Waals surface area contributed by atoms with E-state index in [0.717, 1.165) is 8.58 Å². The van der Waals surface area contributed by atoms with Gasteiger partial charge in [0.05, 0.1) is 26.6 Å². The molecule has 1 heterocycles. The molecule has 0 aliphatic rings. The van der Waals surface area contributed by atoms with E-state index in [-0.39, 0.29) is 0 Å². The van der Waals surface area contributed by atoms with Gasteiger partial charge in [0.2, 0.25) is 0 Å². The second-order valence-corrected chi connectivity index (χ2v) is 4.07. The molecular formula is C5H3IN2S. The van der Waals surface area contributed by atoms with E-state index in [1.165, 1.54) is 0 Å². The molecule has 1 aromatic heterocycles. The fraction of sp³-hybridized carbons (Fsp3) is 0.200. The van der Waals surface area contributed by atoms with Crippen LogP contribution in [-0.4, -0.2) is 4.98 Å². The number of halogens is 1. The summed E-state index contributed by atoms with van der Waals surface area (Å²) < 4.78 is 1.12. The summed E-state index contributed by atoms with van der Waals surface area (Å²) in [4.78, 5) is 3.99. The summed E-state index contributed by atoms with van der Waals surface area (Å²) in [5.74, 6) is 0. The number of nitriles is 1. The molecule has 0 spiro atoms. The van der Waals surface area contributed by atoms with E-state index in [9.17, 15) is 0 Å². The molecule has 0 saturated carbocycles. The average molecular weight is 250 g/mol. The molecule has 0 fully saturated rings. The SMILES string of the molecule is N#CCc1ncsc1I. The van der Waals surface area contributed by atoms with E-state index >= 15 is 0 Å². The van der Waals surface area contributed by atoms with Crippen molar-refractivity contribution in [2.24, 2.45) is 0 Å². The Bertz CT molecular complexity index is 237. The molecule has 0 aliphatic heterocycles. The maximum Gasteiger partial charge on any atom is 0.0894 e. The number of hydrogen-bond acceptors (Lipinski definition) is 3. The maximum atomic E-state index is 8.27. The standard InChI is InChI=1S/C5H3IN2S/c6-5-4(1-2-7)8-3-9-5/h3H,1H2. The Labute approximate surface area is 70.7 Å². The minimum atomic E-state index is 0.432. The van der Waals surface area contributed by atoms with Gasteiger partial charge in [-0.2, -0.15) is 5.26 Å². The van der Waals surface area contributed by atoms with Crippen molar-refractivity contribution in [2.75, 3.05) is 0 Å². The number of rotatable bonds is 1. The molecule has 1 rings (SSSR count). The van der Waals surface area contributed by atoms with Crippen LogP contribution < -0.4 is 0 Å². The van der Waals surface area contributed by atoms with E-state index in [0.29, 0.717) is 6.42 Å². The van der Waals surface area contributed by atoms with Crippen LogP contribution in [0.2, 0.25) is 0 Å². The van der Waals surface area contributed by atoms with E-state index in [1.807, 2.05) is 0 Å². The molecule has 0 bridgehead atoms. The van der Waals surface area contributed by atoms with Gasteiger partial charge in [-0.1, -0.05) is 0 Å². The van der Waals surface area contributed by atoms with Gasteiger partial charge < -0.3 is 0 Å². The van der Waals surface area contributed by atoms with Crippen molar-refractivity contribution in [3.63, 3.8) is 0 Å². The van der Waals surface area contributed by atoms with Crippen LogP contribution in [-0.2, 0) is 6.42 Å². The minimum absolute atomic E-state index is 0.432. The molecule has 9 heavy (non-hydrogen) atoms. The first-order valence-electron chi connectivity index (χ1n) is 2.29. The fourth-order valence-corrected chi connectivity index (χ4v) is 1.65. The lowest BCUT2D eigenvalue weighted by molar-refractivity contribution is 1.14. The zero-order valence-electron chi connectivity index (χ0n) is 4.47. The molecule has 0 aromatic carbocycles. The highest BCUT2D eigenvalue weighted by molar-refractivity contribution is 14.1. The van der Waals surface area contributed by atoms with Gasteiger partial charge in [0.25, 0.3) is 0 Å². The quantitative estimate of drug-likeness (QED) is 0.713. The van der Waals surface area contributed by atoms with Gasteiger partial charge in [0.1, 0.15) is 0 Å². The van der Waals surface area contributed by atoms with Crippen molar-refractivity contribution in [3.05, 3.63) is 14.1 Å². The Morgan fingerprint density at radius 3 is 3.11 bits per heavy atom. The summed E-state index contributed by atoms with van der Waals surface area (Å²) in [6, 6.07) is 2.05. The van der Waals surface area contributed by atoms with E-state index < -0.39 is 0 Å². The van der Waals surface area contributed by atoms with Crippen LogP contribution in [0, 0.1) is 14.2 Å². The highest BCUT2D eigenvalue weighted by atomic mass is 127. The molecule has 0 radical (unpaired) electrons. The Hall–Kier alpha value is -0.150. The van der Waals surface area contributed by atoms with Crippen molar-refractivity contribution < 1.29 is 0 Å². The Kier molecular flexibility index (Phi) is 2.42. The summed E-state index contributed by atoms with van der Waals surface area (Å²) in [7, 11) is 0. The summed E-state index contributed by atoms with van der Waals surface area (Å²) in [5, 5.41) is 8.27. The van der Waals surface area contributed by atoms with Gasteiger partial charge in [0, 0.05) is 0 Å². The lowest BCUT2D eigenvalue weighted by atomic mass is 10.4. The molecule has 0 aliphatic carbocycles. The molecular weight excluding hydrogens is 247 g/mol. The van der Waals surface area contributed by atoms with E-state index in [1.54, 1.807) is 16.8 Å². The van der Waals surface area contributed by atoms with Crippen LogP contribution in [0.5, 0.6) is 0 Å². The normalized spacial score (nSPS) is 8.89. The third kappa shape index (κ3) is 1.63. The van der Waals surface area contributed by atoms with Gasteiger partial charge in [-0.05, 0) is 22.6 Å². The fourth-order valence-electron chi connectivity index (χ4n) is 0.445. The zero-order valence-corrected chi connectivity index (χ0v) is 7.44. The lowest BCUT2D eigenvalue weighted by Crippen LogP contribution is -1.81. The van der Waals surface area contributed by atoms with Crippen molar-refractivity contribution in [3.8, 4) is 6.07 Å². The van der Waals surface area contributed by atoms with Crippen molar-refractivity contribution in [2.45, 2.75) is 6.42 Å². The summed E-state index contributed by atoms with van der Waals surface area (Å²) >= 11 is 3.75. The second kappa shape index (κ2) is 3.13. The Balaban J connectivity index is 2.84. The summed E-state index contributed by atoms with van der Waals surface area (Å²) in [6.45, 7) is 0. The topological polar surface area (TPSA) is 36.7 Å². The molecule has 0 N–H and O–H groups in total. The first kappa shape index (κ1) is 6.96. The van der Waals surface area contributed by atoms with Gasteiger partial charge >= 0.3 is 0 Å². The van der Waals surface area contributed by atoms with Gasteiger partial charge in [-0.15, -0.1) is 11.3 Å². The van der Waals surface area contributed by atoms with Gasteiger partial charge in [-0.3, -0.25) is 0 Å². The number of nitrogens with zero attached hydrogens (tertiary/aromatic N) is 2. The molecule has 0 saturated heterocycles. The van der Waals surface area contributed by atoms with Gasteiger partial charge in [0.15, 0.2) is 0 Å². The zero-order chi connectivity index (χ0) is 6.69. The molecule has 4 heteroatoms. The number of aromatic nitrogens is 1. The largest absolute Gasteiger partial charge is 0.247 e. The van der Waals surface area contributed by atoms with Crippen molar-refractivity contribution in [1.29, 1.82) is 5.26 Å². The molecule has 0 atom stereocenters. The molecule has 46 valence electrons. The highest BCUT2D eigenvalue weighted by Crippen LogP contribution is 2.15. The Morgan fingerprint density at radius 2 is 2.67 bits per heavy atom. The predicted molar refractivity (Wildman–Crippen MR) is 44.1 cm³/mol. The second-order valence-electron chi connectivity index (χ2n) is 1.41. The monoisotopic (exact) mass is 250 g/mol. The van der Waals surface area contributed by atoms with Crippen LogP contribution in [0.25, 0.3) is 0 Å².